The van der Waals surface area contributed by atoms with Crippen molar-refractivity contribution in [3.8, 4) is 28.4 Å². The number of hydrogen-bond acceptors (Lipinski definition) is 5. The zero-order valence-electron chi connectivity index (χ0n) is 19.0. The van der Waals surface area contributed by atoms with Gasteiger partial charge in [-0.05, 0) is 42.0 Å². The van der Waals surface area contributed by atoms with E-state index in [9.17, 15) is 26.7 Å². The highest BCUT2D eigenvalue weighted by Gasteiger charge is 2.23. The van der Waals surface area contributed by atoms with Gasteiger partial charge in [0.25, 0.3) is 11.9 Å². The van der Waals surface area contributed by atoms with Gasteiger partial charge in [-0.1, -0.05) is 12.1 Å². The lowest BCUT2D eigenvalue weighted by Crippen LogP contribution is -2.22. The monoisotopic (exact) mass is 516 g/mol. The van der Waals surface area contributed by atoms with E-state index in [2.05, 4.69) is 19.4 Å². The van der Waals surface area contributed by atoms with Crippen molar-refractivity contribution >= 4 is 21.9 Å². The Hall–Kier alpha value is -4.48. The van der Waals surface area contributed by atoms with Crippen molar-refractivity contribution in [2.45, 2.75) is 19.4 Å². The molecule has 0 bridgehead atoms. The Kier molecular flexibility index (Phi) is 6.24. The highest BCUT2D eigenvalue weighted by molar-refractivity contribution is 5.93. The lowest BCUT2D eigenvalue weighted by molar-refractivity contribution is -0.0688. The third-order valence-corrected chi connectivity index (χ3v) is 5.63. The fourth-order valence-corrected chi connectivity index (χ4v) is 3.93. The lowest BCUT2D eigenvalue weighted by atomic mass is 10.0. The second-order valence-electron chi connectivity index (χ2n) is 8.00. The highest BCUT2D eigenvalue weighted by atomic mass is 19.3. The number of hydrogen-bond donors (Lipinski definition) is 0. The third-order valence-electron chi connectivity index (χ3n) is 5.63. The predicted octanol–water partition coefficient (Wildman–Crippen LogP) is 5.48. The van der Waals surface area contributed by atoms with Gasteiger partial charge in [0.2, 0.25) is 5.88 Å². The molecule has 0 aliphatic heterocycles. The molecule has 3 aromatic heterocycles. The number of pyridine rings is 2. The van der Waals surface area contributed by atoms with E-state index in [0.29, 0.717) is 11.1 Å². The van der Waals surface area contributed by atoms with Gasteiger partial charge in [0.1, 0.15) is 5.75 Å². The summed E-state index contributed by atoms with van der Waals surface area (Å²) in [6.07, 6.45) is -3.17. The number of aryl methyl sites for hydroxylation is 1. The molecular weight excluding hydrogens is 499 g/mol. The molecule has 0 fully saturated rings. The van der Waals surface area contributed by atoms with Gasteiger partial charge in [-0.2, -0.15) is 13.2 Å². The van der Waals surface area contributed by atoms with Crippen LogP contribution in [-0.4, -0.2) is 38.5 Å². The fraction of sp³-hybridized carbons (Fsp3) is 0.160. The topological polar surface area (TPSA) is 71.2 Å². The number of rotatable bonds is 7. The molecule has 0 aliphatic rings. The van der Waals surface area contributed by atoms with Gasteiger partial charge in [-0.3, -0.25) is 9.36 Å². The van der Waals surface area contributed by atoms with E-state index in [1.165, 1.54) is 47.2 Å². The minimum Gasteiger partial charge on any atom is -0.437 e. The minimum atomic E-state index is -3.39. The minimum absolute atomic E-state index is 0.0177. The van der Waals surface area contributed by atoms with Crippen LogP contribution >= 0.6 is 0 Å². The number of nitrogens with zero attached hydrogens (tertiary/aromatic N) is 4. The first-order chi connectivity index (χ1) is 17.7. The Labute approximate surface area is 205 Å². The molecular formula is C25H17F5N4O3. The smallest absolute Gasteiger partial charge is 0.387 e. The van der Waals surface area contributed by atoms with Gasteiger partial charge in [0.15, 0.2) is 0 Å². The van der Waals surface area contributed by atoms with Gasteiger partial charge >= 0.3 is 13.0 Å². The molecule has 37 heavy (non-hydrogen) atoms. The van der Waals surface area contributed by atoms with Crippen LogP contribution < -0.4 is 15.0 Å². The van der Waals surface area contributed by atoms with Gasteiger partial charge in [0, 0.05) is 24.7 Å². The molecule has 12 heteroatoms. The molecule has 0 aliphatic carbocycles. The number of imidazole rings is 1. The molecule has 2 aromatic carbocycles. The Balaban J connectivity index is 1.72. The van der Waals surface area contributed by atoms with Crippen LogP contribution in [0.5, 0.6) is 11.6 Å². The summed E-state index contributed by atoms with van der Waals surface area (Å²) < 4.78 is 76.2. The zero-order valence-corrected chi connectivity index (χ0v) is 19.0. The second-order valence-corrected chi connectivity index (χ2v) is 8.00. The molecule has 5 aromatic rings. The Morgan fingerprint density at radius 3 is 2.38 bits per heavy atom. The van der Waals surface area contributed by atoms with Gasteiger partial charge in [0.05, 0.1) is 34.1 Å². The number of alkyl halides is 5. The summed E-state index contributed by atoms with van der Waals surface area (Å²) in [5, 5.41) is 0.410. The average molecular weight is 516 g/mol. The van der Waals surface area contributed by atoms with Crippen LogP contribution in [0.25, 0.3) is 38.8 Å². The lowest BCUT2D eigenvalue weighted by Gasteiger charge is -2.15. The van der Waals surface area contributed by atoms with Gasteiger partial charge in [-0.15, -0.1) is 0 Å². The van der Waals surface area contributed by atoms with Crippen molar-refractivity contribution in [2.24, 2.45) is 7.05 Å². The van der Waals surface area contributed by atoms with Crippen molar-refractivity contribution in [3.63, 3.8) is 0 Å². The first kappa shape index (κ1) is 24.2. The molecule has 0 N–H and O–H groups in total. The van der Waals surface area contributed by atoms with E-state index < -0.39 is 30.8 Å². The van der Waals surface area contributed by atoms with Crippen molar-refractivity contribution in [3.05, 3.63) is 77.5 Å². The summed E-state index contributed by atoms with van der Waals surface area (Å²) in [7, 11) is 1.81. The number of ether oxygens (including phenoxy) is 2. The molecule has 1 unspecified atom stereocenters. The van der Waals surface area contributed by atoms with E-state index in [0.717, 1.165) is 11.0 Å². The van der Waals surface area contributed by atoms with Crippen LogP contribution in [0.4, 0.5) is 22.0 Å². The van der Waals surface area contributed by atoms with Crippen LogP contribution in [-0.2, 0) is 7.05 Å². The first-order valence-corrected chi connectivity index (χ1v) is 10.8. The Bertz CT molecular complexity index is 1650. The van der Waals surface area contributed by atoms with E-state index >= 15 is 0 Å². The summed E-state index contributed by atoms with van der Waals surface area (Å²) in [6.45, 7) is -3.03. The molecule has 5 rings (SSSR count). The average Bonchev–Trinajstić information content (AvgIpc) is 3.24. The quantitative estimate of drug-likeness (QED) is 0.268. The summed E-state index contributed by atoms with van der Waals surface area (Å²) in [6, 6.07) is 13.1. The zero-order chi connectivity index (χ0) is 26.3. The molecule has 0 saturated heterocycles. The molecule has 3 heterocycles. The maximum absolute atomic E-state index is 13.8. The normalized spacial score (nSPS) is 12.5. The number of aromatic nitrogens is 4. The van der Waals surface area contributed by atoms with Crippen molar-refractivity contribution < 1.29 is 31.4 Å². The standard InChI is InChI=1S/C25H17F5N4O3/c1-33-12-31-17-8-5-15(10-18(17)33)34-11-14-4-9-19(37-23(28)22(26)27)32-21(14)20(24(34)35)13-2-6-16(7-3-13)36-25(29)30/h2-12,22-23,25H,1H3. The molecule has 1 atom stereocenters. The molecule has 0 amide bonds. The van der Waals surface area contributed by atoms with Gasteiger partial charge in [-0.25, -0.2) is 18.7 Å². The SMILES string of the molecule is Cn1cnc2ccc(-n3cc4ccc(OC(F)C(F)F)nc4c(-c4ccc(OC(F)F)cc4)c3=O)cc21. The Morgan fingerprint density at radius 2 is 1.68 bits per heavy atom. The predicted molar refractivity (Wildman–Crippen MR) is 125 cm³/mol. The van der Waals surface area contributed by atoms with E-state index in [1.54, 1.807) is 36.1 Å². The van der Waals surface area contributed by atoms with Crippen molar-refractivity contribution in [2.75, 3.05) is 0 Å². The number of benzene rings is 2. The van der Waals surface area contributed by atoms with Crippen molar-refractivity contribution in [1.29, 1.82) is 0 Å². The van der Waals surface area contributed by atoms with Crippen molar-refractivity contribution in [1.82, 2.24) is 19.1 Å². The summed E-state index contributed by atoms with van der Waals surface area (Å²) in [4.78, 5) is 22.2. The summed E-state index contributed by atoms with van der Waals surface area (Å²) >= 11 is 0. The fourth-order valence-electron chi connectivity index (χ4n) is 3.93. The second kappa shape index (κ2) is 9.52. The highest BCUT2D eigenvalue weighted by Crippen LogP contribution is 2.30. The number of halogens is 5. The maximum atomic E-state index is 13.8. The molecule has 0 spiro atoms. The van der Waals surface area contributed by atoms with Crippen LogP contribution in [0.15, 0.2) is 71.9 Å². The largest absolute Gasteiger partial charge is 0.437 e. The third kappa shape index (κ3) is 4.69. The Morgan fingerprint density at radius 1 is 0.919 bits per heavy atom. The van der Waals surface area contributed by atoms with Crippen LogP contribution in [0, 0.1) is 0 Å². The molecule has 0 saturated carbocycles. The van der Waals surface area contributed by atoms with E-state index in [4.69, 9.17) is 0 Å². The van der Waals surface area contributed by atoms with E-state index in [-0.39, 0.29) is 22.4 Å². The van der Waals surface area contributed by atoms with Crippen LogP contribution in [0.3, 0.4) is 0 Å². The molecule has 190 valence electrons. The first-order valence-electron chi connectivity index (χ1n) is 10.8. The summed E-state index contributed by atoms with van der Waals surface area (Å²) in [5.74, 6) is -0.581. The molecule has 0 radical (unpaired) electrons. The van der Waals surface area contributed by atoms with Gasteiger partial charge < -0.3 is 14.0 Å². The summed E-state index contributed by atoms with van der Waals surface area (Å²) in [5.41, 5.74) is 1.78. The van der Waals surface area contributed by atoms with Crippen LogP contribution in [0.2, 0.25) is 0 Å². The van der Waals surface area contributed by atoms with Crippen LogP contribution in [0.1, 0.15) is 0 Å². The maximum Gasteiger partial charge on any atom is 0.387 e. The number of fused-ring (bicyclic) bond motifs is 2. The molecule has 7 nitrogen and oxygen atoms in total. The van der Waals surface area contributed by atoms with E-state index in [1.807, 2.05) is 0 Å².